The Hall–Kier alpha value is -0.930. The van der Waals surface area contributed by atoms with Crippen LogP contribution in [0, 0.1) is 11.7 Å². The second-order valence-electron chi connectivity index (χ2n) is 4.03. The van der Waals surface area contributed by atoms with Gasteiger partial charge in [-0.05, 0) is 36.5 Å². The Morgan fingerprint density at radius 2 is 2.24 bits per heavy atom. The van der Waals surface area contributed by atoms with Crippen LogP contribution in [-0.2, 0) is 12.8 Å². The number of halogens is 2. The molecule has 1 aromatic carbocycles. The smallest absolute Gasteiger partial charge is 0.123 e. The minimum absolute atomic E-state index is 0.186. The summed E-state index contributed by atoms with van der Waals surface area (Å²) < 4.78 is 13.1. The molecule has 1 heterocycles. The fourth-order valence-corrected chi connectivity index (χ4v) is 2.73. The number of aromatic nitrogens is 1. The molecule has 17 heavy (non-hydrogen) atoms. The van der Waals surface area contributed by atoms with Gasteiger partial charge in [-0.15, -0.1) is 22.9 Å². The second-order valence-corrected chi connectivity index (χ2v) is 5.31. The Morgan fingerprint density at radius 3 is 2.88 bits per heavy atom. The summed E-state index contributed by atoms with van der Waals surface area (Å²) in [5.41, 5.74) is 2.82. The fourth-order valence-electron chi connectivity index (χ4n) is 1.81. The van der Waals surface area contributed by atoms with E-state index < -0.39 is 0 Å². The maximum atomic E-state index is 13.1. The Labute approximate surface area is 109 Å². The summed E-state index contributed by atoms with van der Waals surface area (Å²) >= 11 is 7.60. The predicted octanol–water partition coefficient (Wildman–Crippen LogP) is 3.92. The van der Waals surface area contributed by atoms with Gasteiger partial charge in [-0.25, -0.2) is 4.39 Å². The third-order valence-electron chi connectivity index (χ3n) is 2.60. The highest BCUT2D eigenvalue weighted by atomic mass is 35.5. The monoisotopic (exact) mass is 269 g/mol. The van der Waals surface area contributed by atoms with E-state index in [2.05, 4.69) is 4.98 Å². The third kappa shape index (κ3) is 3.79. The van der Waals surface area contributed by atoms with Gasteiger partial charge in [0.05, 0.1) is 5.51 Å². The van der Waals surface area contributed by atoms with Gasteiger partial charge in [-0.3, -0.25) is 4.98 Å². The average molecular weight is 270 g/mol. The summed E-state index contributed by atoms with van der Waals surface area (Å²) in [4.78, 5) is 5.27. The lowest BCUT2D eigenvalue weighted by Crippen LogP contribution is -2.09. The molecule has 0 bridgehead atoms. The molecule has 90 valence electrons. The number of alkyl halides is 1. The predicted molar refractivity (Wildman–Crippen MR) is 70.1 cm³/mol. The van der Waals surface area contributed by atoms with E-state index in [1.54, 1.807) is 23.5 Å². The van der Waals surface area contributed by atoms with Crippen LogP contribution in [-0.4, -0.2) is 10.9 Å². The Bertz CT molecular complexity index is 458. The molecule has 0 aliphatic carbocycles. The van der Waals surface area contributed by atoms with Gasteiger partial charge in [0.15, 0.2) is 0 Å². The summed E-state index contributed by atoms with van der Waals surface area (Å²) in [6.07, 6.45) is 3.58. The van der Waals surface area contributed by atoms with Crippen LogP contribution in [0.1, 0.15) is 10.4 Å². The number of nitrogens with zero attached hydrogens (tertiary/aromatic N) is 1. The zero-order valence-corrected chi connectivity index (χ0v) is 10.8. The van der Waals surface area contributed by atoms with Crippen molar-refractivity contribution < 1.29 is 4.39 Å². The molecule has 2 rings (SSSR count). The molecule has 1 atom stereocenters. The van der Waals surface area contributed by atoms with Gasteiger partial charge in [0.1, 0.15) is 5.82 Å². The van der Waals surface area contributed by atoms with Gasteiger partial charge in [-0.2, -0.15) is 0 Å². The Kier molecular flexibility index (Phi) is 4.51. The van der Waals surface area contributed by atoms with Gasteiger partial charge in [0, 0.05) is 17.0 Å². The van der Waals surface area contributed by atoms with Gasteiger partial charge in [0.2, 0.25) is 0 Å². The summed E-state index contributed by atoms with van der Waals surface area (Å²) in [7, 11) is 0. The van der Waals surface area contributed by atoms with Crippen molar-refractivity contribution in [3.05, 3.63) is 52.2 Å². The van der Waals surface area contributed by atoms with E-state index in [9.17, 15) is 4.39 Å². The highest BCUT2D eigenvalue weighted by Gasteiger charge is 2.11. The SMILES string of the molecule is Fc1cccc(CC(CCl)Cc2cncs2)c1. The van der Waals surface area contributed by atoms with Crippen molar-refractivity contribution in [3.8, 4) is 0 Å². The van der Waals surface area contributed by atoms with Crippen molar-refractivity contribution in [2.24, 2.45) is 5.92 Å². The molecule has 0 amide bonds. The first-order chi connectivity index (χ1) is 8.28. The van der Waals surface area contributed by atoms with Gasteiger partial charge < -0.3 is 0 Å². The Morgan fingerprint density at radius 1 is 1.35 bits per heavy atom. The molecule has 0 fully saturated rings. The largest absolute Gasteiger partial charge is 0.253 e. The van der Waals surface area contributed by atoms with Crippen LogP contribution in [0.15, 0.2) is 36.0 Å². The van der Waals surface area contributed by atoms with Crippen LogP contribution in [0.3, 0.4) is 0 Å². The molecule has 0 aliphatic rings. The van der Waals surface area contributed by atoms with Crippen molar-refractivity contribution in [1.82, 2.24) is 4.98 Å². The van der Waals surface area contributed by atoms with E-state index in [-0.39, 0.29) is 5.82 Å². The first kappa shape index (κ1) is 12.5. The molecule has 4 heteroatoms. The normalized spacial score (nSPS) is 12.6. The molecule has 0 saturated carbocycles. The van der Waals surface area contributed by atoms with Crippen LogP contribution < -0.4 is 0 Å². The zero-order valence-electron chi connectivity index (χ0n) is 9.27. The van der Waals surface area contributed by atoms with E-state index in [0.29, 0.717) is 11.8 Å². The lowest BCUT2D eigenvalue weighted by molar-refractivity contribution is 0.580. The van der Waals surface area contributed by atoms with Crippen LogP contribution in [0.5, 0.6) is 0 Å². The van der Waals surface area contributed by atoms with Gasteiger partial charge in [-0.1, -0.05) is 12.1 Å². The van der Waals surface area contributed by atoms with E-state index >= 15 is 0 Å². The van der Waals surface area contributed by atoms with E-state index in [4.69, 9.17) is 11.6 Å². The highest BCUT2D eigenvalue weighted by molar-refractivity contribution is 7.09. The van der Waals surface area contributed by atoms with Crippen molar-refractivity contribution in [2.75, 3.05) is 5.88 Å². The fraction of sp³-hybridized carbons (Fsp3) is 0.308. The maximum Gasteiger partial charge on any atom is 0.123 e. The average Bonchev–Trinajstić information content (AvgIpc) is 2.81. The number of hydrogen-bond donors (Lipinski definition) is 0. The summed E-state index contributed by atoms with van der Waals surface area (Å²) in [5, 5.41) is 0. The first-order valence-corrected chi connectivity index (χ1v) is 6.87. The molecule has 1 unspecified atom stereocenters. The number of thiazole rings is 1. The minimum atomic E-state index is -0.186. The highest BCUT2D eigenvalue weighted by Crippen LogP contribution is 2.18. The van der Waals surface area contributed by atoms with Gasteiger partial charge in [0.25, 0.3) is 0 Å². The van der Waals surface area contributed by atoms with Crippen molar-refractivity contribution >= 4 is 22.9 Å². The molecule has 0 N–H and O–H groups in total. The number of benzene rings is 1. The lowest BCUT2D eigenvalue weighted by Gasteiger charge is -2.12. The third-order valence-corrected chi connectivity index (χ3v) is 3.84. The zero-order chi connectivity index (χ0) is 12.1. The standard InChI is InChI=1S/C13H13ClFNS/c14-7-11(6-13-8-16-9-17-13)4-10-2-1-3-12(15)5-10/h1-3,5,8-9,11H,4,6-7H2. The van der Waals surface area contributed by atoms with Crippen LogP contribution in [0.2, 0.25) is 0 Å². The van der Waals surface area contributed by atoms with E-state index in [0.717, 1.165) is 18.4 Å². The molecule has 1 nitrogen and oxygen atoms in total. The van der Waals surface area contributed by atoms with Gasteiger partial charge >= 0.3 is 0 Å². The molecule has 0 radical (unpaired) electrons. The van der Waals surface area contributed by atoms with E-state index in [1.165, 1.54) is 10.9 Å². The molecule has 0 saturated heterocycles. The molecule has 2 aromatic rings. The quantitative estimate of drug-likeness (QED) is 0.750. The topological polar surface area (TPSA) is 12.9 Å². The molecule has 0 aliphatic heterocycles. The van der Waals surface area contributed by atoms with Crippen LogP contribution in [0.25, 0.3) is 0 Å². The molecule has 1 aromatic heterocycles. The van der Waals surface area contributed by atoms with Crippen molar-refractivity contribution in [3.63, 3.8) is 0 Å². The maximum absolute atomic E-state index is 13.1. The minimum Gasteiger partial charge on any atom is -0.253 e. The Balaban J connectivity index is 2.00. The van der Waals surface area contributed by atoms with Crippen LogP contribution in [0.4, 0.5) is 4.39 Å². The molecule has 0 spiro atoms. The van der Waals surface area contributed by atoms with Crippen molar-refractivity contribution in [1.29, 1.82) is 0 Å². The number of rotatable bonds is 5. The second kappa shape index (κ2) is 6.12. The molecular formula is C13H13ClFNS. The summed E-state index contributed by atoms with van der Waals surface area (Å²) in [6.45, 7) is 0. The van der Waals surface area contributed by atoms with E-state index in [1.807, 2.05) is 17.8 Å². The summed E-state index contributed by atoms with van der Waals surface area (Å²) in [5.74, 6) is 0.724. The molecular weight excluding hydrogens is 257 g/mol. The first-order valence-electron chi connectivity index (χ1n) is 5.45. The summed E-state index contributed by atoms with van der Waals surface area (Å²) in [6, 6.07) is 6.71. The van der Waals surface area contributed by atoms with Crippen molar-refractivity contribution in [2.45, 2.75) is 12.8 Å². The lowest BCUT2D eigenvalue weighted by atomic mass is 9.97. The van der Waals surface area contributed by atoms with Crippen LogP contribution >= 0.6 is 22.9 Å². The number of hydrogen-bond acceptors (Lipinski definition) is 2.